The van der Waals surface area contributed by atoms with Crippen molar-refractivity contribution in [1.82, 2.24) is 4.72 Å². The number of nitrogen functional groups attached to an aromatic ring is 1. The summed E-state index contributed by atoms with van der Waals surface area (Å²) in [7, 11) is -2.45. The molecule has 4 N–H and O–H groups in total. The molecule has 108 valence electrons. The Balaban J connectivity index is 3.03. The standard InChI is InChI=1S/C10H14F3N3O2S/c1-6(10(11,12)13)16-9-4-3-7(5-8(9)14)19(17,18)15-2/h3-6,15-16H,14H2,1-2H3. The first-order valence-electron chi connectivity index (χ1n) is 5.24. The fraction of sp³-hybridized carbons (Fsp3) is 0.400. The summed E-state index contributed by atoms with van der Waals surface area (Å²) in [5.41, 5.74) is 5.49. The van der Waals surface area contributed by atoms with E-state index in [-0.39, 0.29) is 16.3 Å². The molecule has 0 spiro atoms. The second kappa shape index (κ2) is 5.25. The topological polar surface area (TPSA) is 84.2 Å². The zero-order valence-corrected chi connectivity index (χ0v) is 11.1. The molecule has 19 heavy (non-hydrogen) atoms. The van der Waals surface area contributed by atoms with Crippen LogP contribution in [0.25, 0.3) is 0 Å². The number of hydrogen-bond donors (Lipinski definition) is 3. The maximum atomic E-state index is 12.4. The van der Waals surface area contributed by atoms with Crippen molar-refractivity contribution in [3.05, 3.63) is 18.2 Å². The summed E-state index contributed by atoms with van der Waals surface area (Å²) in [5, 5.41) is 2.18. The van der Waals surface area contributed by atoms with Gasteiger partial charge in [-0.1, -0.05) is 0 Å². The Morgan fingerprint density at radius 1 is 1.32 bits per heavy atom. The van der Waals surface area contributed by atoms with E-state index in [2.05, 4.69) is 10.0 Å². The molecular formula is C10H14F3N3O2S. The number of halogens is 3. The molecule has 1 aromatic carbocycles. The molecule has 0 radical (unpaired) electrons. The molecule has 0 aliphatic rings. The molecule has 1 unspecified atom stereocenters. The number of nitrogens with one attached hydrogen (secondary N) is 2. The SMILES string of the molecule is CNS(=O)(=O)c1ccc(NC(C)C(F)(F)F)c(N)c1. The number of benzene rings is 1. The van der Waals surface area contributed by atoms with Crippen LogP contribution in [0.1, 0.15) is 6.92 Å². The molecule has 5 nitrogen and oxygen atoms in total. The molecule has 1 rings (SSSR count). The van der Waals surface area contributed by atoms with Crippen molar-refractivity contribution < 1.29 is 21.6 Å². The van der Waals surface area contributed by atoms with Gasteiger partial charge in [-0.25, -0.2) is 13.1 Å². The third-order valence-electron chi connectivity index (χ3n) is 2.47. The zero-order chi connectivity index (χ0) is 14.8. The van der Waals surface area contributed by atoms with Gasteiger partial charge in [0.25, 0.3) is 0 Å². The van der Waals surface area contributed by atoms with Crippen molar-refractivity contribution >= 4 is 21.4 Å². The average Bonchev–Trinajstić information content (AvgIpc) is 2.30. The van der Waals surface area contributed by atoms with E-state index in [9.17, 15) is 21.6 Å². The predicted octanol–water partition coefficient (Wildman–Crippen LogP) is 1.54. The molecule has 0 aromatic heterocycles. The second-order valence-corrected chi connectivity index (χ2v) is 5.75. The maximum absolute atomic E-state index is 12.4. The molecule has 9 heteroatoms. The Hall–Kier alpha value is -1.48. The fourth-order valence-corrected chi connectivity index (χ4v) is 2.04. The molecular weight excluding hydrogens is 283 g/mol. The Bertz CT molecular complexity index is 558. The van der Waals surface area contributed by atoms with Crippen LogP contribution in [0, 0.1) is 0 Å². The number of sulfonamides is 1. The third-order valence-corrected chi connectivity index (χ3v) is 3.88. The van der Waals surface area contributed by atoms with Gasteiger partial charge in [0.05, 0.1) is 16.3 Å². The summed E-state index contributed by atoms with van der Waals surface area (Å²) in [6, 6.07) is 1.67. The van der Waals surface area contributed by atoms with Crippen molar-refractivity contribution in [2.24, 2.45) is 0 Å². The van der Waals surface area contributed by atoms with E-state index in [0.717, 1.165) is 13.0 Å². The van der Waals surface area contributed by atoms with Gasteiger partial charge in [-0.2, -0.15) is 13.2 Å². The largest absolute Gasteiger partial charge is 0.408 e. The van der Waals surface area contributed by atoms with Crippen molar-refractivity contribution in [2.45, 2.75) is 24.0 Å². The minimum absolute atomic E-state index is 0.0277. The minimum Gasteiger partial charge on any atom is -0.397 e. The lowest BCUT2D eigenvalue weighted by atomic mass is 10.2. The zero-order valence-electron chi connectivity index (χ0n) is 10.2. The first-order valence-corrected chi connectivity index (χ1v) is 6.72. The molecule has 0 amide bonds. The quantitative estimate of drug-likeness (QED) is 0.736. The molecule has 1 atom stereocenters. The van der Waals surface area contributed by atoms with Crippen molar-refractivity contribution in [1.29, 1.82) is 0 Å². The summed E-state index contributed by atoms with van der Waals surface area (Å²) in [5.74, 6) is 0. The monoisotopic (exact) mass is 297 g/mol. The second-order valence-electron chi connectivity index (χ2n) is 3.86. The van der Waals surface area contributed by atoms with E-state index in [0.29, 0.717) is 0 Å². The Labute approximate surface area is 109 Å². The van der Waals surface area contributed by atoms with Gasteiger partial charge in [0, 0.05) is 0 Å². The fourth-order valence-electron chi connectivity index (χ4n) is 1.27. The first kappa shape index (κ1) is 15.6. The molecule has 1 aromatic rings. The van der Waals surface area contributed by atoms with E-state index in [1.165, 1.54) is 19.2 Å². The van der Waals surface area contributed by atoms with Crippen LogP contribution in [-0.2, 0) is 10.0 Å². The van der Waals surface area contributed by atoms with E-state index in [1.54, 1.807) is 0 Å². The predicted molar refractivity (Wildman–Crippen MR) is 66.2 cm³/mol. The van der Waals surface area contributed by atoms with Crippen LogP contribution < -0.4 is 15.8 Å². The smallest absolute Gasteiger partial charge is 0.397 e. The number of hydrogen-bond acceptors (Lipinski definition) is 4. The van der Waals surface area contributed by atoms with Crippen LogP contribution in [0.4, 0.5) is 24.5 Å². The molecule has 0 heterocycles. The van der Waals surface area contributed by atoms with Gasteiger partial charge in [0.2, 0.25) is 10.0 Å². The van der Waals surface area contributed by atoms with Crippen LogP contribution in [-0.4, -0.2) is 27.7 Å². The van der Waals surface area contributed by atoms with Crippen molar-refractivity contribution in [3.63, 3.8) is 0 Å². The van der Waals surface area contributed by atoms with Crippen LogP contribution >= 0.6 is 0 Å². The number of alkyl halides is 3. The van der Waals surface area contributed by atoms with Gasteiger partial charge in [-0.15, -0.1) is 0 Å². The first-order chi connectivity index (χ1) is 8.58. The third kappa shape index (κ3) is 3.74. The van der Waals surface area contributed by atoms with Gasteiger partial charge < -0.3 is 11.1 Å². The van der Waals surface area contributed by atoms with Gasteiger partial charge in [0.15, 0.2) is 0 Å². The van der Waals surface area contributed by atoms with Crippen molar-refractivity contribution in [3.8, 4) is 0 Å². The summed E-state index contributed by atoms with van der Waals surface area (Å²) in [6.45, 7) is 0.942. The number of rotatable bonds is 4. The van der Waals surface area contributed by atoms with Gasteiger partial charge in [0.1, 0.15) is 6.04 Å². The Kier molecular flexibility index (Phi) is 4.31. The molecule has 0 fully saturated rings. The van der Waals surface area contributed by atoms with Gasteiger partial charge >= 0.3 is 6.18 Å². The number of nitrogens with two attached hydrogens (primary N) is 1. The highest BCUT2D eigenvalue weighted by atomic mass is 32.2. The van der Waals surface area contributed by atoms with Crippen LogP contribution in [0.5, 0.6) is 0 Å². The molecule has 0 saturated heterocycles. The summed E-state index contributed by atoms with van der Waals surface area (Å²) >= 11 is 0. The lowest BCUT2D eigenvalue weighted by Gasteiger charge is -2.19. The Morgan fingerprint density at radius 3 is 2.32 bits per heavy atom. The van der Waals surface area contributed by atoms with Crippen LogP contribution in [0.2, 0.25) is 0 Å². The highest BCUT2D eigenvalue weighted by molar-refractivity contribution is 7.89. The highest BCUT2D eigenvalue weighted by Crippen LogP contribution is 2.27. The van der Waals surface area contributed by atoms with Gasteiger partial charge in [-0.3, -0.25) is 0 Å². The average molecular weight is 297 g/mol. The minimum atomic E-state index is -4.41. The van der Waals surface area contributed by atoms with E-state index < -0.39 is 22.2 Å². The lowest BCUT2D eigenvalue weighted by molar-refractivity contribution is -0.138. The molecule has 0 saturated carbocycles. The Morgan fingerprint density at radius 2 is 1.89 bits per heavy atom. The van der Waals surface area contributed by atoms with E-state index in [1.807, 2.05) is 0 Å². The summed E-state index contributed by atoms with van der Waals surface area (Å²) in [6.07, 6.45) is -4.41. The summed E-state index contributed by atoms with van der Waals surface area (Å²) < 4.78 is 62.2. The number of anilines is 2. The molecule has 0 aliphatic heterocycles. The van der Waals surface area contributed by atoms with Crippen LogP contribution in [0.15, 0.2) is 23.1 Å². The molecule has 0 bridgehead atoms. The lowest BCUT2D eigenvalue weighted by Crippen LogP contribution is -2.33. The van der Waals surface area contributed by atoms with Crippen LogP contribution in [0.3, 0.4) is 0 Å². The molecule has 0 aliphatic carbocycles. The maximum Gasteiger partial charge on any atom is 0.408 e. The van der Waals surface area contributed by atoms with Gasteiger partial charge in [-0.05, 0) is 32.2 Å². The normalized spacial score (nSPS) is 14.2. The van der Waals surface area contributed by atoms with E-state index >= 15 is 0 Å². The van der Waals surface area contributed by atoms with Crippen molar-refractivity contribution in [2.75, 3.05) is 18.1 Å². The summed E-state index contributed by atoms with van der Waals surface area (Å²) in [4.78, 5) is -0.113. The highest BCUT2D eigenvalue weighted by Gasteiger charge is 2.36. The van der Waals surface area contributed by atoms with E-state index in [4.69, 9.17) is 5.73 Å².